The van der Waals surface area contributed by atoms with Crippen molar-refractivity contribution < 1.29 is 9.59 Å². The highest BCUT2D eigenvalue weighted by atomic mass is 16.2. The lowest BCUT2D eigenvalue weighted by atomic mass is 10.3. The number of rotatable bonds is 3. The van der Waals surface area contributed by atoms with Crippen molar-refractivity contribution in [1.29, 1.82) is 0 Å². The van der Waals surface area contributed by atoms with Crippen molar-refractivity contribution in [2.45, 2.75) is 25.7 Å². The zero-order chi connectivity index (χ0) is 14.8. The summed E-state index contributed by atoms with van der Waals surface area (Å²) in [5, 5.41) is 9.63. The lowest BCUT2D eigenvalue weighted by Gasteiger charge is -2.34. The SMILES string of the molecule is CCNC(=O)N1CCN(C(=O)c2n[nH]c(C3CC3)n2)CC1. The number of amides is 3. The minimum Gasteiger partial charge on any atom is -0.338 e. The molecule has 0 spiro atoms. The molecule has 8 nitrogen and oxygen atoms in total. The van der Waals surface area contributed by atoms with Crippen LogP contribution in [0.25, 0.3) is 0 Å². The van der Waals surface area contributed by atoms with Gasteiger partial charge in [0, 0.05) is 38.6 Å². The fraction of sp³-hybridized carbons (Fsp3) is 0.692. The fourth-order valence-electron chi connectivity index (χ4n) is 2.43. The predicted octanol–water partition coefficient (Wildman–Crippen LogP) is 0.169. The van der Waals surface area contributed by atoms with Crippen LogP contribution in [0.5, 0.6) is 0 Å². The van der Waals surface area contributed by atoms with Crippen LogP contribution in [0.3, 0.4) is 0 Å². The predicted molar refractivity (Wildman–Crippen MR) is 74.9 cm³/mol. The molecule has 1 aromatic rings. The number of aromatic amines is 1. The van der Waals surface area contributed by atoms with Gasteiger partial charge in [-0.2, -0.15) is 0 Å². The monoisotopic (exact) mass is 292 g/mol. The summed E-state index contributed by atoms with van der Waals surface area (Å²) in [6.07, 6.45) is 2.24. The van der Waals surface area contributed by atoms with Crippen LogP contribution in [0.2, 0.25) is 0 Å². The molecule has 3 amide bonds. The summed E-state index contributed by atoms with van der Waals surface area (Å²) in [5.41, 5.74) is 0. The second-order valence-electron chi connectivity index (χ2n) is 5.43. The smallest absolute Gasteiger partial charge is 0.317 e. The first-order chi connectivity index (χ1) is 10.2. The molecule has 2 fully saturated rings. The second-order valence-corrected chi connectivity index (χ2v) is 5.43. The van der Waals surface area contributed by atoms with Crippen LogP contribution in [0.4, 0.5) is 4.79 Å². The van der Waals surface area contributed by atoms with Gasteiger partial charge < -0.3 is 15.1 Å². The summed E-state index contributed by atoms with van der Waals surface area (Å²) in [6.45, 7) is 4.61. The van der Waals surface area contributed by atoms with E-state index in [2.05, 4.69) is 20.5 Å². The van der Waals surface area contributed by atoms with Gasteiger partial charge in [0.2, 0.25) is 5.82 Å². The molecule has 1 aliphatic heterocycles. The number of hydrogen-bond acceptors (Lipinski definition) is 4. The number of urea groups is 1. The molecule has 0 aromatic carbocycles. The van der Waals surface area contributed by atoms with E-state index in [0.717, 1.165) is 18.7 Å². The molecule has 0 radical (unpaired) electrons. The van der Waals surface area contributed by atoms with Gasteiger partial charge in [0.05, 0.1) is 0 Å². The average Bonchev–Trinajstić information content (AvgIpc) is 3.24. The number of nitrogens with zero attached hydrogens (tertiary/aromatic N) is 4. The zero-order valence-electron chi connectivity index (χ0n) is 12.1. The van der Waals surface area contributed by atoms with Crippen molar-refractivity contribution in [1.82, 2.24) is 30.3 Å². The topological polar surface area (TPSA) is 94.2 Å². The molecule has 1 aliphatic carbocycles. The van der Waals surface area contributed by atoms with Gasteiger partial charge >= 0.3 is 6.03 Å². The standard InChI is InChI=1S/C13H20N6O2/c1-2-14-13(21)19-7-5-18(6-8-19)12(20)11-15-10(16-17-11)9-3-4-9/h9H,2-8H2,1H3,(H,14,21)(H,15,16,17). The van der Waals surface area contributed by atoms with E-state index in [1.807, 2.05) is 6.92 Å². The third kappa shape index (κ3) is 2.98. The van der Waals surface area contributed by atoms with Crippen LogP contribution < -0.4 is 5.32 Å². The van der Waals surface area contributed by atoms with Gasteiger partial charge in [0.1, 0.15) is 5.82 Å². The van der Waals surface area contributed by atoms with Gasteiger partial charge in [-0.05, 0) is 19.8 Å². The van der Waals surface area contributed by atoms with Crippen molar-refractivity contribution in [3.05, 3.63) is 11.6 Å². The molecule has 0 atom stereocenters. The Morgan fingerprint density at radius 2 is 1.90 bits per heavy atom. The highest BCUT2D eigenvalue weighted by molar-refractivity contribution is 5.90. The van der Waals surface area contributed by atoms with Crippen molar-refractivity contribution in [2.75, 3.05) is 32.7 Å². The Morgan fingerprint density at radius 1 is 1.24 bits per heavy atom. The van der Waals surface area contributed by atoms with E-state index in [9.17, 15) is 9.59 Å². The molecule has 0 bridgehead atoms. The Labute approximate surface area is 122 Å². The van der Waals surface area contributed by atoms with E-state index in [1.165, 1.54) is 0 Å². The third-order valence-electron chi connectivity index (χ3n) is 3.84. The van der Waals surface area contributed by atoms with E-state index in [4.69, 9.17) is 0 Å². The van der Waals surface area contributed by atoms with Crippen molar-refractivity contribution >= 4 is 11.9 Å². The minimum absolute atomic E-state index is 0.0708. The van der Waals surface area contributed by atoms with Crippen LogP contribution in [0.1, 0.15) is 42.1 Å². The molecule has 2 N–H and O–H groups in total. The summed E-state index contributed by atoms with van der Waals surface area (Å²) in [5.74, 6) is 1.35. The Bertz CT molecular complexity index is 531. The Hall–Kier alpha value is -2.12. The maximum Gasteiger partial charge on any atom is 0.317 e. The second kappa shape index (κ2) is 5.71. The van der Waals surface area contributed by atoms with Gasteiger partial charge in [-0.1, -0.05) is 0 Å². The van der Waals surface area contributed by atoms with E-state index in [1.54, 1.807) is 9.80 Å². The molecule has 1 saturated carbocycles. The molecule has 2 heterocycles. The van der Waals surface area contributed by atoms with Gasteiger partial charge in [-0.15, -0.1) is 5.10 Å². The number of nitrogens with one attached hydrogen (secondary N) is 2. The summed E-state index contributed by atoms with van der Waals surface area (Å²) in [6, 6.07) is -0.0708. The van der Waals surface area contributed by atoms with Gasteiger partial charge in [0.15, 0.2) is 0 Å². The third-order valence-corrected chi connectivity index (χ3v) is 3.84. The number of H-pyrrole nitrogens is 1. The fourth-order valence-corrected chi connectivity index (χ4v) is 2.43. The lowest BCUT2D eigenvalue weighted by molar-refractivity contribution is 0.0653. The minimum atomic E-state index is -0.159. The number of piperazine rings is 1. The average molecular weight is 292 g/mol. The molecule has 114 valence electrons. The van der Waals surface area contributed by atoms with E-state index in [0.29, 0.717) is 38.6 Å². The number of carbonyl (C=O) groups excluding carboxylic acids is 2. The summed E-state index contributed by atoms with van der Waals surface area (Å²) >= 11 is 0. The first-order valence-electron chi connectivity index (χ1n) is 7.43. The number of aromatic nitrogens is 3. The Balaban J connectivity index is 1.55. The Morgan fingerprint density at radius 3 is 2.52 bits per heavy atom. The number of carbonyl (C=O) groups is 2. The molecule has 8 heteroatoms. The molecule has 2 aliphatic rings. The van der Waals surface area contributed by atoms with Gasteiger partial charge in [-0.3, -0.25) is 9.89 Å². The van der Waals surface area contributed by atoms with Crippen molar-refractivity contribution in [3.63, 3.8) is 0 Å². The lowest BCUT2D eigenvalue weighted by Crippen LogP contribution is -2.53. The Kier molecular flexibility index (Phi) is 3.76. The molecule has 0 unspecified atom stereocenters. The number of hydrogen-bond donors (Lipinski definition) is 2. The zero-order valence-corrected chi connectivity index (χ0v) is 12.1. The van der Waals surface area contributed by atoms with Gasteiger partial charge in [0.25, 0.3) is 5.91 Å². The van der Waals surface area contributed by atoms with Crippen LogP contribution in [0, 0.1) is 0 Å². The summed E-state index contributed by atoms with van der Waals surface area (Å²) in [7, 11) is 0. The first kappa shape index (κ1) is 13.8. The molecular weight excluding hydrogens is 272 g/mol. The van der Waals surface area contributed by atoms with E-state index in [-0.39, 0.29) is 17.8 Å². The van der Waals surface area contributed by atoms with Crippen molar-refractivity contribution in [2.24, 2.45) is 0 Å². The maximum atomic E-state index is 12.3. The molecule has 21 heavy (non-hydrogen) atoms. The van der Waals surface area contributed by atoms with E-state index < -0.39 is 0 Å². The summed E-state index contributed by atoms with van der Waals surface area (Å²) in [4.78, 5) is 31.7. The molecule has 1 aromatic heterocycles. The molecular formula is C13H20N6O2. The van der Waals surface area contributed by atoms with E-state index >= 15 is 0 Å². The first-order valence-corrected chi connectivity index (χ1v) is 7.43. The molecule has 1 saturated heterocycles. The van der Waals surface area contributed by atoms with Crippen LogP contribution in [0.15, 0.2) is 0 Å². The van der Waals surface area contributed by atoms with Crippen LogP contribution in [-0.2, 0) is 0 Å². The van der Waals surface area contributed by atoms with Gasteiger partial charge in [-0.25, -0.2) is 9.78 Å². The maximum absolute atomic E-state index is 12.3. The molecule has 3 rings (SSSR count). The highest BCUT2D eigenvalue weighted by Crippen LogP contribution is 2.37. The quantitative estimate of drug-likeness (QED) is 0.830. The van der Waals surface area contributed by atoms with Crippen LogP contribution >= 0.6 is 0 Å². The van der Waals surface area contributed by atoms with Crippen molar-refractivity contribution in [3.8, 4) is 0 Å². The van der Waals surface area contributed by atoms with Crippen LogP contribution in [-0.4, -0.2) is 69.6 Å². The normalized spacial score (nSPS) is 18.7. The summed E-state index contributed by atoms with van der Waals surface area (Å²) < 4.78 is 0. The largest absolute Gasteiger partial charge is 0.338 e. The highest BCUT2D eigenvalue weighted by Gasteiger charge is 2.30.